The first-order valence-electron chi connectivity index (χ1n) is 8.62. The number of fused-ring (bicyclic) bond motifs is 1. The number of hydrazone groups is 1. The molecule has 0 atom stereocenters. The number of ether oxygens (including phenoxy) is 2. The minimum absolute atomic E-state index is 0.138. The van der Waals surface area contributed by atoms with Crippen molar-refractivity contribution in [3.8, 4) is 11.5 Å². The van der Waals surface area contributed by atoms with E-state index >= 15 is 0 Å². The molecule has 5 nitrogen and oxygen atoms in total. The molecule has 0 aliphatic rings. The second kappa shape index (κ2) is 9.71. The predicted molar refractivity (Wildman–Crippen MR) is 118 cm³/mol. The standard InChI is InChI=1S/C21H18Br2N2O3/c1-2-27-17-7-3-14(4-8-17)12-24-25-20(26)13-28-19-10-5-15-11-16(22)6-9-18(15)21(19)23/h3-12H,2,13H2,1H3,(H,25,26). The quantitative estimate of drug-likeness (QED) is 0.350. The molecule has 1 amide bonds. The first kappa shape index (κ1) is 20.4. The number of nitrogens with zero attached hydrogens (tertiary/aromatic N) is 1. The summed E-state index contributed by atoms with van der Waals surface area (Å²) in [6, 6.07) is 17.2. The van der Waals surface area contributed by atoms with Crippen LogP contribution < -0.4 is 14.9 Å². The zero-order valence-electron chi connectivity index (χ0n) is 15.1. The smallest absolute Gasteiger partial charge is 0.277 e. The maximum absolute atomic E-state index is 12.0. The van der Waals surface area contributed by atoms with E-state index in [-0.39, 0.29) is 12.5 Å². The van der Waals surface area contributed by atoms with Gasteiger partial charge in [0, 0.05) is 4.47 Å². The van der Waals surface area contributed by atoms with Gasteiger partial charge in [-0.1, -0.05) is 28.1 Å². The molecule has 0 unspecified atom stereocenters. The van der Waals surface area contributed by atoms with E-state index in [9.17, 15) is 4.79 Å². The van der Waals surface area contributed by atoms with Crippen LogP contribution in [-0.4, -0.2) is 25.3 Å². The highest BCUT2D eigenvalue weighted by atomic mass is 79.9. The van der Waals surface area contributed by atoms with E-state index < -0.39 is 0 Å². The van der Waals surface area contributed by atoms with Crippen LogP contribution in [0.5, 0.6) is 11.5 Å². The number of carbonyl (C=O) groups is 1. The van der Waals surface area contributed by atoms with Crippen LogP contribution in [0.4, 0.5) is 0 Å². The molecule has 0 aliphatic carbocycles. The summed E-state index contributed by atoms with van der Waals surface area (Å²) in [6.07, 6.45) is 1.57. The third-order valence-corrected chi connectivity index (χ3v) is 5.14. The topological polar surface area (TPSA) is 59.9 Å². The molecule has 3 rings (SSSR count). The van der Waals surface area contributed by atoms with Crippen molar-refractivity contribution in [1.29, 1.82) is 0 Å². The van der Waals surface area contributed by atoms with E-state index in [2.05, 4.69) is 42.4 Å². The summed E-state index contributed by atoms with van der Waals surface area (Å²) in [5.74, 6) is 1.05. The van der Waals surface area contributed by atoms with Gasteiger partial charge in [-0.15, -0.1) is 0 Å². The summed E-state index contributed by atoms with van der Waals surface area (Å²) in [6.45, 7) is 2.41. The lowest BCUT2D eigenvalue weighted by Gasteiger charge is -2.10. The summed E-state index contributed by atoms with van der Waals surface area (Å²) in [5.41, 5.74) is 3.31. The van der Waals surface area contributed by atoms with Crippen LogP contribution in [0.1, 0.15) is 12.5 Å². The fourth-order valence-corrected chi connectivity index (χ4v) is 3.51. The summed E-state index contributed by atoms with van der Waals surface area (Å²) in [7, 11) is 0. The minimum Gasteiger partial charge on any atom is -0.494 e. The number of carbonyl (C=O) groups excluding carboxylic acids is 1. The highest BCUT2D eigenvalue weighted by Crippen LogP contribution is 2.34. The van der Waals surface area contributed by atoms with Gasteiger partial charge in [-0.05, 0) is 81.7 Å². The molecule has 0 saturated heterocycles. The Bertz CT molecular complexity index is 1000. The third-order valence-electron chi connectivity index (χ3n) is 3.83. The lowest BCUT2D eigenvalue weighted by atomic mass is 10.1. The molecule has 1 N–H and O–H groups in total. The lowest BCUT2D eigenvalue weighted by Crippen LogP contribution is -2.24. The molecule has 144 valence electrons. The van der Waals surface area contributed by atoms with Gasteiger partial charge in [0.2, 0.25) is 0 Å². The second-order valence-corrected chi connectivity index (χ2v) is 7.54. The van der Waals surface area contributed by atoms with Gasteiger partial charge >= 0.3 is 0 Å². The van der Waals surface area contributed by atoms with Crippen molar-refractivity contribution in [2.24, 2.45) is 5.10 Å². The molecule has 0 aromatic heterocycles. The number of benzene rings is 3. The van der Waals surface area contributed by atoms with E-state index in [4.69, 9.17) is 9.47 Å². The van der Waals surface area contributed by atoms with E-state index in [0.717, 1.165) is 31.0 Å². The average molecular weight is 506 g/mol. The lowest BCUT2D eigenvalue weighted by molar-refractivity contribution is -0.123. The van der Waals surface area contributed by atoms with Crippen molar-refractivity contribution in [2.45, 2.75) is 6.92 Å². The van der Waals surface area contributed by atoms with E-state index in [1.807, 2.05) is 61.5 Å². The van der Waals surface area contributed by atoms with Gasteiger partial charge in [-0.3, -0.25) is 4.79 Å². The van der Waals surface area contributed by atoms with Gasteiger partial charge in [0.05, 0.1) is 17.3 Å². The monoisotopic (exact) mass is 504 g/mol. The van der Waals surface area contributed by atoms with Crippen molar-refractivity contribution >= 4 is 54.8 Å². The number of rotatable bonds is 7. The first-order chi connectivity index (χ1) is 13.6. The van der Waals surface area contributed by atoms with Crippen LogP contribution in [0.3, 0.4) is 0 Å². The molecule has 28 heavy (non-hydrogen) atoms. The number of amides is 1. The van der Waals surface area contributed by atoms with Gasteiger partial charge in [-0.25, -0.2) is 5.43 Å². The molecule has 0 fully saturated rings. The molecule has 7 heteroatoms. The maximum atomic E-state index is 12.0. The normalized spacial score (nSPS) is 11.0. The van der Waals surface area contributed by atoms with Crippen LogP contribution in [-0.2, 0) is 4.79 Å². The molecular weight excluding hydrogens is 488 g/mol. The van der Waals surface area contributed by atoms with Crippen LogP contribution in [0.15, 0.2) is 68.6 Å². The Morgan fingerprint density at radius 3 is 2.61 bits per heavy atom. The molecule has 0 radical (unpaired) electrons. The first-order valence-corrected chi connectivity index (χ1v) is 10.2. The SMILES string of the molecule is CCOc1ccc(C=NNC(=O)COc2ccc3cc(Br)ccc3c2Br)cc1. The predicted octanol–water partition coefficient (Wildman–Crippen LogP) is 5.29. The summed E-state index contributed by atoms with van der Waals surface area (Å²) in [4.78, 5) is 12.0. The molecule has 0 heterocycles. The van der Waals surface area contributed by atoms with Crippen molar-refractivity contribution in [3.63, 3.8) is 0 Å². The van der Waals surface area contributed by atoms with Crippen LogP contribution in [0.2, 0.25) is 0 Å². The average Bonchev–Trinajstić information content (AvgIpc) is 2.69. The van der Waals surface area contributed by atoms with Crippen molar-refractivity contribution in [2.75, 3.05) is 13.2 Å². The Balaban J connectivity index is 1.55. The van der Waals surface area contributed by atoms with E-state index in [0.29, 0.717) is 12.4 Å². The van der Waals surface area contributed by atoms with Crippen LogP contribution >= 0.6 is 31.9 Å². The second-order valence-electron chi connectivity index (χ2n) is 5.83. The number of halogens is 2. The number of nitrogens with one attached hydrogen (secondary N) is 1. The van der Waals surface area contributed by atoms with E-state index in [1.165, 1.54) is 0 Å². The molecule has 0 spiro atoms. The fraction of sp³-hybridized carbons (Fsp3) is 0.143. The molecule has 0 bridgehead atoms. The summed E-state index contributed by atoms with van der Waals surface area (Å²) >= 11 is 7.00. The highest BCUT2D eigenvalue weighted by molar-refractivity contribution is 9.11. The van der Waals surface area contributed by atoms with Gasteiger partial charge < -0.3 is 9.47 Å². The van der Waals surface area contributed by atoms with Gasteiger partial charge in [0.25, 0.3) is 5.91 Å². The Labute approximate surface area is 180 Å². The highest BCUT2D eigenvalue weighted by Gasteiger charge is 2.09. The number of hydrogen-bond acceptors (Lipinski definition) is 4. The molecule has 0 aliphatic heterocycles. The van der Waals surface area contributed by atoms with E-state index in [1.54, 1.807) is 6.21 Å². The zero-order chi connectivity index (χ0) is 19.9. The molecule has 3 aromatic rings. The van der Waals surface area contributed by atoms with Crippen molar-refractivity contribution in [1.82, 2.24) is 5.43 Å². The maximum Gasteiger partial charge on any atom is 0.277 e. The van der Waals surface area contributed by atoms with Crippen LogP contribution in [0, 0.1) is 0 Å². The van der Waals surface area contributed by atoms with Crippen molar-refractivity contribution < 1.29 is 14.3 Å². The number of hydrogen-bond donors (Lipinski definition) is 1. The van der Waals surface area contributed by atoms with Gasteiger partial charge in [-0.2, -0.15) is 5.10 Å². The summed E-state index contributed by atoms with van der Waals surface area (Å²) < 4.78 is 12.8. The van der Waals surface area contributed by atoms with Gasteiger partial charge in [0.15, 0.2) is 6.61 Å². The molecule has 3 aromatic carbocycles. The third kappa shape index (κ3) is 5.33. The summed E-state index contributed by atoms with van der Waals surface area (Å²) in [5, 5.41) is 6.03. The Morgan fingerprint density at radius 2 is 1.86 bits per heavy atom. The van der Waals surface area contributed by atoms with Gasteiger partial charge in [0.1, 0.15) is 11.5 Å². The Morgan fingerprint density at radius 1 is 1.07 bits per heavy atom. The largest absolute Gasteiger partial charge is 0.494 e. The molecular formula is C21H18Br2N2O3. The van der Waals surface area contributed by atoms with Crippen LogP contribution in [0.25, 0.3) is 10.8 Å². The fourth-order valence-electron chi connectivity index (χ4n) is 2.53. The van der Waals surface area contributed by atoms with Crippen molar-refractivity contribution in [3.05, 3.63) is 69.1 Å². The zero-order valence-corrected chi connectivity index (χ0v) is 18.3. The Kier molecular flexibility index (Phi) is 7.06. The molecule has 0 saturated carbocycles. The Hall–Kier alpha value is -2.38. The minimum atomic E-state index is -0.343.